The molecule has 0 bridgehead atoms. The van der Waals surface area contributed by atoms with Crippen LogP contribution < -0.4 is 5.32 Å². The van der Waals surface area contributed by atoms with E-state index in [9.17, 15) is 0 Å². The fourth-order valence-electron chi connectivity index (χ4n) is 4.35. The van der Waals surface area contributed by atoms with E-state index in [0.717, 1.165) is 39.0 Å². The van der Waals surface area contributed by atoms with Crippen molar-refractivity contribution in [2.24, 2.45) is 0 Å². The van der Waals surface area contributed by atoms with E-state index in [1.165, 1.54) is 57.8 Å². The molecule has 0 unspecified atom stereocenters. The largest absolute Gasteiger partial charge is 0.379 e. The van der Waals surface area contributed by atoms with Gasteiger partial charge in [0.05, 0.1) is 98.6 Å². The Bertz CT molecular complexity index is 469. The molecule has 0 saturated carbocycles. The average Bonchev–Trinajstić information content (AvgIpc) is 2.98. The minimum Gasteiger partial charge on any atom is -0.379 e. The Hall–Kier alpha value is -0.360. The maximum Gasteiger partial charge on any atom is 0.0704 e. The van der Waals surface area contributed by atoms with Crippen LogP contribution in [-0.4, -0.2) is 118 Å². The smallest absolute Gasteiger partial charge is 0.0704 e. The van der Waals surface area contributed by atoms with Gasteiger partial charge in [-0.1, -0.05) is 64.7 Å². The molecule has 240 valence electrons. The zero-order valence-electron chi connectivity index (χ0n) is 25.8. The second kappa shape index (κ2) is 33.1. The standard InChI is InChI=1S/C31H63NO8/c1-2-3-4-5-6-7-8-9-10-11-16-33-17-18-34-19-20-35-21-22-36-23-24-37-25-26-38-27-28-39-29-30-40-31-12-14-32-15-13-31/h31-32H,2-30H2,1H3. The van der Waals surface area contributed by atoms with E-state index in [-0.39, 0.29) is 0 Å². The van der Waals surface area contributed by atoms with Crippen LogP contribution in [0.3, 0.4) is 0 Å². The summed E-state index contributed by atoms with van der Waals surface area (Å²) < 4.78 is 44.5. The molecule has 1 N–H and O–H groups in total. The van der Waals surface area contributed by atoms with Crippen LogP contribution in [0.2, 0.25) is 0 Å². The van der Waals surface area contributed by atoms with Crippen molar-refractivity contribution in [3.8, 4) is 0 Å². The summed E-state index contributed by atoms with van der Waals surface area (Å²) >= 11 is 0. The van der Waals surface area contributed by atoms with Crippen LogP contribution >= 0.6 is 0 Å². The Morgan fingerprint density at radius 3 is 1.12 bits per heavy atom. The second-order valence-corrected chi connectivity index (χ2v) is 10.3. The first-order chi connectivity index (χ1) is 19.9. The summed E-state index contributed by atoms with van der Waals surface area (Å²) in [6.45, 7) is 13.4. The molecule has 0 spiro atoms. The molecule has 9 heteroatoms. The highest BCUT2D eigenvalue weighted by Gasteiger charge is 2.12. The number of ether oxygens (including phenoxy) is 8. The summed E-state index contributed by atoms with van der Waals surface area (Å²) in [4.78, 5) is 0. The molecule has 1 rings (SSSR count). The predicted octanol–water partition coefficient (Wildman–Crippen LogP) is 4.79. The van der Waals surface area contributed by atoms with Gasteiger partial charge >= 0.3 is 0 Å². The van der Waals surface area contributed by atoms with Crippen LogP contribution in [0.5, 0.6) is 0 Å². The summed E-state index contributed by atoms with van der Waals surface area (Å²) in [6.07, 6.45) is 16.1. The molecule has 9 nitrogen and oxygen atoms in total. The number of unbranched alkanes of at least 4 members (excludes halogenated alkanes) is 9. The Balaban J connectivity index is 1.60. The van der Waals surface area contributed by atoms with Gasteiger partial charge in [-0.25, -0.2) is 0 Å². The highest BCUT2D eigenvalue weighted by molar-refractivity contribution is 4.67. The molecule has 1 saturated heterocycles. The Labute approximate surface area is 245 Å². The number of hydrogen-bond donors (Lipinski definition) is 1. The molecule has 0 aliphatic carbocycles. The number of rotatable bonds is 33. The highest BCUT2D eigenvalue weighted by atomic mass is 16.6. The Kier molecular flexibility index (Phi) is 31.2. The van der Waals surface area contributed by atoms with Gasteiger partial charge in [-0.2, -0.15) is 0 Å². The van der Waals surface area contributed by atoms with Crippen molar-refractivity contribution in [2.75, 3.05) is 112 Å². The maximum absolute atomic E-state index is 5.79. The van der Waals surface area contributed by atoms with E-state index in [4.69, 9.17) is 37.9 Å². The van der Waals surface area contributed by atoms with Crippen LogP contribution in [0.25, 0.3) is 0 Å². The first-order valence-corrected chi connectivity index (χ1v) is 16.3. The molecule has 40 heavy (non-hydrogen) atoms. The number of nitrogens with one attached hydrogen (secondary N) is 1. The van der Waals surface area contributed by atoms with Gasteiger partial charge in [0.1, 0.15) is 0 Å². The molecule has 1 aliphatic heterocycles. The second-order valence-electron chi connectivity index (χ2n) is 10.3. The number of piperidine rings is 1. The van der Waals surface area contributed by atoms with Crippen molar-refractivity contribution in [3.05, 3.63) is 0 Å². The highest BCUT2D eigenvalue weighted by Crippen LogP contribution is 2.10. The van der Waals surface area contributed by atoms with Gasteiger partial charge in [0.25, 0.3) is 0 Å². The van der Waals surface area contributed by atoms with Crippen LogP contribution in [-0.2, 0) is 37.9 Å². The Morgan fingerprint density at radius 1 is 0.400 bits per heavy atom. The first kappa shape index (κ1) is 37.7. The molecule has 1 heterocycles. The SMILES string of the molecule is CCCCCCCCCCCCOCCOCCOCCOCCOCCOCCOCCOC1CCNCC1. The lowest BCUT2D eigenvalue weighted by Gasteiger charge is -2.22. The van der Waals surface area contributed by atoms with Crippen molar-refractivity contribution in [2.45, 2.75) is 90.1 Å². The molecule has 0 aromatic carbocycles. The van der Waals surface area contributed by atoms with E-state index in [1.807, 2.05) is 0 Å². The third kappa shape index (κ3) is 29.1. The summed E-state index contributed by atoms with van der Waals surface area (Å²) in [5.74, 6) is 0. The lowest BCUT2D eigenvalue weighted by molar-refractivity contribution is -0.0313. The molecule has 0 radical (unpaired) electrons. The maximum atomic E-state index is 5.79. The fraction of sp³-hybridized carbons (Fsp3) is 1.00. The van der Waals surface area contributed by atoms with Crippen molar-refractivity contribution in [3.63, 3.8) is 0 Å². The van der Waals surface area contributed by atoms with Gasteiger partial charge in [-0.3, -0.25) is 0 Å². The molecule has 0 atom stereocenters. The topological polar surface area (TPSA) is 85.9 Å². The summed E-state index contributed by atoms with van der Waals surface area (Å²) in [6, 6.07) is 0. The molecular weight excluding hydrogens is 514 g/mol. The normalized spacial score (nSPS) is 14.3. The van der Waals surface area contributed by atoms with E-state index >= 15 is 0 Å². The molecule has 0 aromatic rings. The van der Waals surface area contributed by atoms with Crippen molar-refractivity contribution in [1.82, 2.24) is 5.32 Å². The van der Waals surface area contributed by atoms with Crippen LogP contribution in [0.15, 0.2) is 0 Å². The van der Waals surface area contributed by atoms with Crippen LogP contribution in [0, 0.1) is 0 Å². The van der Waals surface area contributed by atoms with Crippen molar-refractivity contribution in [1.29, 1.82) is 0 Å². The zero-order chi connectivity index (χ0) is 28.4. The Morgan fingerprint density at radius 2 is 0.725 bits per heavy atom. The van der Waals surface area contributed by atoms with Crippen LogP contribution in [0.1, 0.15) is 84.0 Å². The van der Waals surface area contributed by atoms with E-state index < -0.39 is 0 Å². The van der Waals surface area contributed by atoms with Gasteiger partial charge in [-0.15, -0.1) is 0 Å². The lowest BCUT2D eigenvalue weighted by atomic mass is 10.1. The number of hydrogen-bond acceptors (Lipinski definition) is 9. The third-order valence-corrected chi connectivity index (χ3v) is 6.74. The predicted molar refractivity (Wildman–Crippen MR) is 159 cm³/mol. The van der Waals surface area contributed by atoms with E-state index in [0.29, 0.717) is 98.6 Å². The molecular formula is C31H63NO8. The molecule has 1 aliphatic rings. The average molecular weight is 578 g/mol. The minimum absolute atomic E-state index is 0.383. The van der Waals surface area contributed by atoms with Crippen molar-refractivity contribution >= 4 is 0 Å². The van der Waals surface area contributed by atoms with Crippen LogP contribution in [0.4, 0.5) is 0 Å². The van der Waals surface area contributed by atoms with Gasteiger partial charge in [0.15, 0.2) is 0 Å². The quantitative estimate of drug-likeness (QED) is 0.111. The lowest BCUT2D eigenvalue weighted by Crippen LogP contribution is -2.33. The van der Waals surface area contributed by atoms with Gasteiger partial charge < -0.3 is 43.2 Å². The van der Waals surface area contributed by atoms with Gasteiger partial charge in [0, 0.05) is 6.61 Å². The first-order valence-electron chi connectivity index (χ1n) is 16.3. The summed E-state index contributed by atoms with van der Waals surface area (Å²) in [5, 5.41) is 3.33. The van der Waals surface area contributed by atoms with E-state index in [2.05, 4.69) is 12.2 Å². The summed E-state index contributed by atoms with van der Waals surface area (Å²) in [7, 11) is 0. The van der Waals surface area contributed by atoms with Gasteiger partial charge in [-0.05, 0) is 32.4 Å². The third-order valence-electron chi connectivity index (χ3n) is 6.74. The van der Waals surface area contributed by atoms with E-state index in [1.54, 1.807) is 0 Å². The minimum atomic E-state index is 0.383. The summed E-state index contributed by atoms with van der Waals surface area (Å²) in [5.41, 5.74) is 0. The zero-order valence-corrected chi connectivity index (χ0v) is 25.8. The van der Waals surface area contributed by atoms with Crippen molar-refractivity contribution < 1.29 is 37.9 Å². The monoisotopic (exact) mass is 577 g/mol. The van der Waals surface area contributed by atoms with Gasteiger partial charge in [0.2, 0.25) is 0 Å². The molecule has 1 fully saturated rings. The molecule has 0 amide bonds. The molecule has 0 aromatic heterocycles. The fourth-order valence-corrected chi connectivity index (χ4v) is 4.35.